The average molecular weight is 306 g/mol. The topological polar surface area (TPSA) is 49.4 Å². The molecule has 20 heavy (non-hydrogen) atoms. The fourth-order valence-electron chi connectivity index (χ4n) is 1.81. The molecule has 0 spiro atoms. The minimum Gasteiger partial charge on any atom is -0.371 e. The maximum absolute atomic E-state index is 12.4. The van der Waals surface area contributed by atoms with Crippen LogP contribution in [0.2, 0.25) is 0 Å². The first-order valence-electron chi connectivity index (χ1n) is 6.51. The third kappa shape index (κ3) is 4.14. The number of rotatable bonds is 8. The van der Waals surface area contributed by atoms with Gasteiger partial charge in [-0.15, -0.1) is 0 Å². The van der Waals surface area contributed by atoms with Crippen molar-refractivity contribution in [2.24, 2.45) is 0 Å². The largest absolute Gasteiger partial charge is 0.371 e. The first-order chi connectivity index (χ1) is 9.43. The van der Waals surface area contributed by atoms with Crippen LogP contribution in [0.1, 0.15) is 13.8 Å². The number of benzene rings is 1. The summed E-state index contributed by atoms with van der Waals surface area (Å²) < 4.78 is 47.5. The Bertz CT molecular complexity index is 504. The Kier molecular flexibility index (Phi) is 6.35. The molecule has 0 bridgehead atoms. The summed E-state index contributed by atoms with van der Waals surface area (Å²) in [5.41, 5.74) is 0.818. The van der Waals surface area contributed by atoms with Gasteiger partial charge in [-0.05, 0) is 37.7 Å². The fraction of sp³-hybridized carbons (Fsp3) is 0.538. The van der Waals surface area contributed by atoms with Gasteiger partial charge in [-0.2, -0.15) is 8.78 Å². The highest BCUT2D eigenvalue weighted by Crippen LogP contribution is 2.22. The van der Waals surface area contributed by atoms with Crippen molar-refractivity contribution in [3.8, 4) is 0 Å². The molecule has 0 fully saturated rings. The highest BCUT2D eigenvalue weighted by molar-refractivity contribution is 7.91. The number of halogens is 2. The molecule has 7 heteroatoms. The standard InChI is InChI=1S/C13H20F2N2O2S/c1-3-16-9-10-17(4-2)11-5-7-12(8-6-11)20(18,19)13(14)15/h5-8,13,16H,3-4,9-10H2,1-2H3. The molecule has 0 aromatic heterocycles. The second-order valence-corrected chi connectivity index (χ2v) is 6.15. The van der Waals surface area contributed by atoms with Gasteiger partial charge in [0.25, 0.3) is 0 Å². The third-order valence-corrected chi connectivity index (χ3v) is 4.35. The summed E-state index contributed by atoms with van der Waals surface area (Å²) in [6.45, 7) is 7.21. The van der Waals surface area contributed by atoms with Gasteiger partial charge in [0.2, 0.25) is 9.84 Å². The van der Waals surface area contributed by atoms with Crippen molar-refractivity contribution >= 4 is 15.5 Å². The van der Waals surface area contributed by atoms with Crippen LogP contribution in [0.3, 0.4) is 0 Å². The monoisotopic (exact) mass is 306 g/mol. The number of alkyl halides is 2. The molecule has 0 heterocycles. The Morgan fingerprint density at radius 2 is 1.80 bits per heavy atom. The zero-order valence-corrected chi connectivity index (χ0v) is 12.5. The lowest BCUT2D eigenvalue weighted by Gasteiger charge is -2.23. The number of hydrogen-bond donors (Lipinski definition) is 1. The normalized spacial score (nSPS) is 11.8. The van der Waals surface area contributed by atoms with Crippen molar-refractivity contribution in [2.75, 3.05) is 31.1 Å². The molecule has 0 saturated heterocycles. The summed E-state index contributed by atoms with van der Waals surface area (Å²) in [6.07, 6.45) is 0. The maximum Gasteiger partial charge on any atom is 0.341 e. The molecule has 114 valence electrons. The summed E-state index contributed by atoms with van der Waals surface area (Å²) in [7, 11) is -4.51. The van der Waals surface area contributed by atoms with Gasteiger partial charge in [0.1, 0.15) is 0 Å². The van der Waals surface area contributed by atoms with Crippen LogP contribution in [0.5, 0.6) is 0 Å². The van der Waals surface area contributed by atoms with Crippen LogP contribution in [-0.2, 0) is 9.84 Å². The van der Waals surface area contributed by atoms with Crippen LogP contribution >= 0.6 is 0 Å². The van der Waals surface area contributed by atoms with Crippen LogP contribution in [0, 0.1) is 0 Å². The second-order valence-electron chi connectivity index (χ2n) is 4.23. The molecule has 0 aliphatic carbocycles. The lowest BCUT2D eigenvalue weighted by molar-refractivity contribution is 0.234. The van der Waals surface area contributed by atoms with Crippen LogP contribution in [0.4, 0.5) is 14.5 Å². The summed E-state index contributed by atoms with van der Waals surface area (Å²) in [5.74, 6) is -3.38. The van der Waals surface area contributed by atoms with E-state index in [1.807, 2.05) is 18.7 Å². The SMILES string of the molecule is CCNCCN(CC)c1ccc(S(=O)(=O)C(F)F)cc1. The van der Waals surface area contributed by atoms with Crippen molar-refractivity contribution in [1.82, 2.24) is 5.32 Å². The van der Waals surface area contributed by atoms with Gasteiger partial charge in [0.15, 0.2) is 0 Å². The Morgan fingerprint density at radius 1 is 1.20 bits per heavy atom. The van der Waals surface area contributed by atoms with E-state index in [9.17, 15) is 17.2 Å². The summed E-state index contributed by atoms with van der Waals surface area (Å²) >= 11 is 0. The minimum atomic E-state index is -4.51. The molecule has 4 nitrogen and oxygen atoms in total. The third-order valence-electron chi connectivity index (χ3n) is 2.96. The Labute approximate surface area is 118 Å². The average Bonchev–Trinajstić information content (AvgIpc) is 2.44. The molecular formula is C13H20F2N2O2S. The smallest absolute Gasteiger partial charge is 0.341 e. The maximum atomic E-state index is 12.4. The van der Waals surface area contributed by atoms with E-state index in [1.54, 1.807) is 12.1 Å². The molecule has 1 N–H and O–H groups in total. The van der Waals surface area contributed by atoms with Gasteiger partial charge in [0.05, 0.1) is 4.90 Å². The predicted molar refractivity (Wildman–Crippen MR) is 76.1 cm³/mol. The molecule has 0 aliphatic heterocycles. The van der Waals surface area contributed by atoms with Gasteiger partial charge < -0.3 is 10.2 Å². The molecule has 0 saturated carbocycles. The summed E-state index contributed by atoms with van der Waals surface area (Å²) in [5, 5.41) is 3.20. The van der Waals surface area contributed by atoms with Crippen LogP contribution < -0.4 is 10.2 Å². The fourth-order valence-corrected chi connectivity index (χ4v) is 2.53. The van der Waals surface area contributed by atoms with Crippen LogP contribution in [-0.4, -0.2) is 40.4 Å². The Balaban J connectivity index is 2.84. The van der Waals surface area contributed by atoms with Gasteiger partial charge >= 0.3 is 5.76 Å². The van der Waals surface area contributed by atoms with Gasteiger partial charge in [0, 0.05) is 25.3 Å². The molecule has 0 radical (unpaired) electrons. The van der Waals surface area contributed by atoms with Crippen LogP contribution in [0.25, 0.3) is 0 Å². The van der Waals surface area contributed by atoms with E-state index in [-0.39, 0.29) is 4.90 Å². The highest BCUT2D eigenvalue weighted by Gasteiger charge is 2.26. The van der Waals surface area contributed by atoms with E-state index in [0.717, 1.165) is 31.9 Å². The lowest BCUT2D eigenvalue weighted by Crippen LogP contribution is -2.31. The van der Waals surface area contributed by atoms with E-state index < -0.39 is 15.6 Å². The van der Waals surface area contributed by atoms with E-state index in [1.165, 1.54) is 12.1 Å². The summed E-state index contributed by atoms with van der Waals surface area (Å²) in [4.78, 5) is 1.69. The van der Waals surface area contributed by atoms with E-state index in [2.05, 4.69) is 5.32 Å². The number of sulfone groups is 1. The number of hydrogen-bond acceptors (Lipinski definition) is 4. The zero-order valence-electron chi connectivity index (χ0n) is 11.6. The minimum absolute atomic E-state index is 0.348. The Hall–Kier alpha value is -1.21. The molecule has 1 aromatic carbocycles. The molecular weight excluding hydrogens is 286 g/mol. The lowest BCUT2D eigenvalue weighted by atomic mass is 10.3. The van der Waals surface area contributed by atoms with Crippen molar-refractivity contribution < 1.29 is 17.2 Å². The van der Waals surface area contributed by atoms with Crippen molar-refractivity contribution in [2.45, 2.75) is 24.5 Å². The van der Waals surface area contributed by atoms with Crippen LogP contribution in [0.15, 0.2) is 29.2 Å². The number of nitrogens with zero attached hydrogens (tertiary/aromatic N) is 1. The molecule has 0 atom stereocenters. The molecule has 1 rings (SSSR count). The molecule has 0 unspecified atom stereocenters. The number of likely N-dealkylation sites (N-methyl/N-ethyl adjacent to an activating group) is 2. The predicted octanol–water partition coefficient (Wildman–Crippen LogP) is 2.12. The number of nitrogens with one attached hydrogen (secondary N) is 1. The molecule has 0 aliphatic rings. The van der Waals surface area contributed by atoms with Crippen molar-refractivity contribution in [3.63, 3.8) is 0 Å². The first kappa shape index (κ1) is 16.8. The molecule has 1 aromatic rings. The summed E-state index contributed by atoms with van der Waals surface area (Å²) in [6, 6.07) is 5.58. The van der Waals surface area contributed by atoms with Crippen molar-refractivity contribution in [3.05, 3.63) is 24.3 Å². The molecule has 0 amide bonds. The highest BCUT2D eigenvalue weighted by atomic mass is 32.2. The van der Waals surface area contributed by atoms with Gasteiger partial charge in [-0.1, -0.05) is 6.92 Å². The van der Waals surface area contributed by atoms with E-state index in [4.69, 9.17) is 0 Å². The van der Waals surface area contributed by atoms with E-state index in [0.29, 0.717) is 0 Å². The first-order valence-corrected chi connectivity index (χ1v) is 8.05. The van der Waals surface area contributed by atoms with Gasteiger partial charge in [-0.3, -0.25) is 0 Å². The quantitative estimate of drug-likeness (QED) is 0.748. The second kappa shape index (κ2) is 7.54. The van der Waals surface area contributed by atoms with E-state index >= 15 is 0 Å². The number of anilines is 1. The Morgan fingerprint density at radius 3 is 2.25 bits per heavy atom. The zero-order chi connectivity index (χ0) is 15.2. The van der Waals surface area contributed by atoms with Gasteiger partial charge in [-0.25, -0.2) is 8.42 Å². The van der Waals surface area contributed by atoms with Crippen molar-refractivity contribution in [1.29, 1.82) is 0 Å².